The second-order valence-electron chi connectivity index (χ2n) is 2.95. The molecule has 0 aliphatic carbocycles. The quantitative estimate of drug-likeness (QED) is 0.663. The number of rotatable bonds is 2. The maximum absolute atomic E-state index is 5.12. The fourth-order valence-electron chi connectivity index (χ4n) is 1.24. The van der Waals surface area contributed by atoms with E-state index in [1.807, 2.05) is 16.8 Å². The molecule has 0 aliphatic heterocycles. The summed E-state index contributed by atoms with van der Waals surface area (Å²) in [5.74, 6) is 1.08. The van der Waals surface area contributed by atoms with Crippen LogP contribution in [0, 0.1) is 0 Å². The van der Waals surface area contributed by atoms with Crippen LogP contribution in [0.4, 0.5) is 0 Å². The van der Waals surface area contributed by atoms with Crippen LogP contribution in [-0.4, -0.2) is 10.1 Å². The van der Waals surface area contributed by atoms with Crippen molar-refractivity contribution < 1.29 is 8.94 Å². The van der Waals surface area contributed by atoms with Gasteiger partial charge in [-0.2, -0.15) is 16.3 Å². The van der Waals surface area contributed by atoms with E-state index >= 15 is 0 Å². The monoisotopic (exact) mass is 218 g/mol. The number of aromatic nitrogens is 2. The molecule has 0 saturated carbocycles. The second kappa shape index (κ2) is 3.36. The molecule has 0 bridgehead atoms. The minimum Gasteiger partial charge on any atom is -0.472 e. The fraction of sp³-hybridized carbons (Fsp3) is 0. The van der Waals surface area contributed by atoms with E-state index in [1.165, 1.54) is 0 Å². The van der Waals surface area contributed by atoms with Gasteiger partial charge in [0.15, 0.2) is 0 Å². The minimum atomic E-state index is 0.477. The Balaban J connectivity index is 2.02. The van der Waals surface area contributed by atoms with Crippen LogP contribution in [-0.2, 0) is 0 Å². The molecule has 5 heteroatoms. The molecular formula is C10H6N2O2S. The van der Waals surface area contributed by atoms with E-state index in [4.69, 9.17) is 8.94 Å². The highest BCUT2D eigenvalue weighted by Gasteiger charge is 2.11. The molecule has 0 aromatic carbocycles. The average Bonchev–Trinajstić information content (AvgIpc) is 3.02. The zero-order valence-electron chi connectivity index (χ0n) is 7.58. The Kier molecular flexibility index (Phi) is 1.89. The van der Waals surface area contributed by atoms with Gasteiger partial charge in [0.25, 0.3) is 5.89 Å². The molecule has 3 rings (SSSR count). The van der Waals surface area contributed by atoms with Crippen molar-refractivity contribution in [3.8, 4) is 22.8 Å². The number of nitrogens with zero attached hydrogens (tertiary/aromatic N) is 2. The largest absolute Gasteiger partial charge is 0.472 e. The molecule has 0 spiro atoms. The summed E-state index contributed by atoms with van der Waals surface area (Å²) in [6, 6.07) is 3.74. The SMILES string of the molecule is c1cc(-c2nc(-c3ccsc3)no2)co1. The van der Waals surface area contributed by atoms with Gasteiger partial charge in [-0.25, -0.2) is 0 Å². The van der Waals surface area contributed by atoms with Crippen molar-refractivity contribution in [1.82, 2.24) is 10.1 Å². The van der Waals surface area contributed by atoms with Gasteiger partial charge in [0.05, 0.1) is 11.8 Å². The zero-order chi connectivity index (χ0) is 10.1. The van der Waals surface area contributed by atoms with Gasteiger partial charge in [-0.15, -0.1) is 0 Å². The molecular weight excluding hydrogens is 212 g/mol. The summed E-state index contributed by atoms with van der Waals surface area (Å²) in [5, 5.41) is 7.85. The highest BCUT2D eigenvalue weighted by molar-refractivity contribution is 7.08. The van der Waals surface area contributed by atoms with Gasteiger partial charge >= 0.3 is 0 Å². The maximum Gasteiger partial charge on any atom is 0.261 e. The van der Waals surface area contributed by atoms with E-state index in [0.29, 0.717) is 11.7 Å². The normalized spacial score (nSPS) is 10.7. The molecule has 0 radical (unpaired) electrons. The Morgan fingerprint density at radius 3 is 2.93 bits per heavy atom. The van der Waals surface area contributed by atoms with E-state index in [-0.39, 0.29) is 0 Å². The van der Waals surface area contributed by atoms with Gasteiger partial charge in [0.2, 0.25) is 5.82 Å². The summed E-state index contributed by atoms with van der Waals surface area (Å²) in [5.41, 5.74) is 1.77. The van der Waals surface area contributed by atoms with Gasteiger partial charge in [0.1, 0.15) is 6.26 Å². The van der Waals surface area contributed by atoms with E-state index in [2.05, 4.69) is 10.1 Å². The van der Waals surface area contributed by atoms with Crippen molar-refractivity contribution in [3.63, 3.8) is 0 Å². The Labute approximate surface area is 89.2 Å². The van der Waals surface area contributed by atoms with Crippen molar-refractivity contribution in [3.05, 3.63) is 35.4 Å². The molecule has 0 fully saturated rings. The van der Waals surface area contributed by atoms with Crippen molar-refractivity contribution in [2.24, 2.45) is 0 Å². The highest BCUT2D eigenvalue weighted by atomic mass is 32.1. The van der Waals surface area contributed by atoms with Gasteiger partial charge in [-0.05, 0) is 17.5 Å². The third-order valence-corrected chi connectivity index (χ3v) is 2.66. The van der Waals surface area contributed by atoms with Gasteiger partial charge in [-0.3, -0.25) is 0 Å². The van der Waals surface area contributed by atoms with E-state index in [0.717, 1.165) is 11.1 Å². The van der Waals surface area contributed by atoms with Crippen LogP contribution in [0.15, 0.2) is 44.4 Å². The van der Waals surface area contributed by atoms with Crippen molar-refractivity contribution in [2.45, 2.75) is 0 Å². The Bertz CT molecular complexity index is 491. The summed E-state index contributed by atoms with van der Waals surface area (Å²) >= 11 is 1.60. The van der Waals surface area contributed by atoms with Crippen LogP contribution >= 0.6 is 11.3 Å². The lowest BCUT2D eigenvalue weighted by molar-refractivity contribution is 0.431. The molecule has 4 nitrogen and oxygen atoms in total. The van der Waals surface area contributed by atoms with E-state index in [1.54, 1.807) is 29.9 Å². The van der Waals surface area contributed by atoms with Gasteiger partial charge in [0, 0.05) is 10.9 Å². The number of furan rings is 1. The third-order valence-electron chi connectivity index (χ3n) is 1.97. The van der Waals surface area contributed by atoms with Crippen molar-refractivity contribution >= 4 is 11.3 Å². The summed E-state index contributed by atoms with van der Waals surface area (Å²) in [6.45, 7) is 0. The second-order valence-corrected chi connectivity index (χ2v) is 3.73. The third kappa shape index (κ3) is 1.46. The molecule has 3 heterocycles. The maximum atomic E-state index is 5.12. The standard InChI is InChI=1S/C10H6N2O2S/c1-3-13-5-7(1)10-11-9(12-14-10)8-2-4-15-6-8/h1-6H. The van der Waals surface area contributed by atoms with E-state index < -0.39 is 0 Å². The molecule has 15 heavy (non-hydrogen) atoms. The Hall–Kier alpha value is -1.88. The van der Waals surface area contributed by atoms with Crippen LogP contribution < -0.4 is 0 Å². The number of hydrogen-bond acceptors (Lipinski definition) is 5. The van der Waals surface area contributed by atoms with Gasteiger partial charge < -0.3 is 8.94 Å². The number of hydrogen-bond donors (Lipinski definition) is 0. The molecule has 0 amide bonds. The topological polar surface area (TPSA) is 52.1 Å². The molecule has 0 unspecified atom stereocenters. The first-order valence-electron chi connectivity index (χ1n) is 4.32. The summed E-state index contributed by atoms with van der Waals surface area (Å²) in [7, 11) is 0. The Morgan fingerprint density at radius 1 is 1.20 bits per heavy atom. The van der Waals surface area contributed by atoms with Crippen LogP contribution in [0.3, 0.4) is 0 Å². The van der Waals surface area contributed by atoms with Crippen LogP contribution in [0.2, 0.25) is 0 Å². The van der Waals surface area contributed by atoms with Crippen molar-refractivity contribution in [1.29, 1.82) is 0 Å². The van der Waals surface area contributed by atoms with Crippen LogP contribution in [0.1, 0.15) is 0 Å². The lowest BCUT2D eigenvalue weighted by atomic mass is 10.3. The molecule has 0 aliphatic rings. The minimum absolute atomic E-state index is 0.477. The fourth-order valence-corrected chi connectivity index (χ4v) is 1.87. The van der Waals surface area contributed by atoms with Crippen molar-refractivity contribution in [2.75, 3.05) is 0 Å². The predicted molar refractivity (Wildman–Crippen MR) is 55.3 cm³/mol. The van der Waals surface area contributed by atoms with Crippen LogP contribution in [0.5, 0.6) is 0 Å². The molecule has 74 valence electrons. The summed E-state index contributed by atoms with van der Waals surface area (Å²) < 4.78 is 10.1. The lowest BCUT2D eigenvalue weighted by Gasteiger charge is -1.83. The van der Waals surface area contributed by atoms with Crippen LogP contribution in [0.25, 0.3) is 22.8 Å². The molecule has 0 N–H and O–H groups in total. The molecule has 0 atom stereocenters. The first kappa shape index (κ1) is 8.43. The highest BCUT2D eigenvalue weighted by Crippen LogP contribution is 2.23. The average molecular weight is 218 g/mol. The number of thiophene rings is 1. The predicted octanol–water partition coefficient (Wildman–Crippen LogP) is 3.06. The molecule has 3 aromatic heterocycles. The lowest BCUT2D eigenvalue weighted by Crippen LogP contribution is -1.76. The smallest absolute Gasteiger partial charge is 0.261 e. The summed E-state index contributed by atoms with van der Waals surface area (Å²) in [6.07, 6.45) is 3.15. The summed E-state index contributed by atoms with van der Waals surface area (Å²) in [4.78, 5) is 4.26. The van der Waals surface area contributed by atoms with Gasteiger partial charge in [-0.1, -0.05) is 5.16 Å². The first-order chi connectivity index (χ1) is 7.43. The Morgan fingerprint density at radius 2 is 2.20 bits per heavy atom. The molecule has 0 saturated heterocycles. The first-order valence-corrected chi connectivity index (χ1v) is 5.26. The van der Waals surface area contributed by atoms with E-state index in [9.17, 15) is 0 Å². The zero-order valence-corrected chi connectivity index (χ0v) is 8.40. The molecule has 3 aromatic rings.